The molecule has 0 atom stereocenters. The molecule has 0 unspecified atom stereocenters. The lowest BCUT2D eigenvalue weighted by atomic mass is 10.1. The molecule has 1 heterocycles. The maximum Gasteiger partial charge on any atom is 0.322 e. The number of carbonyl (C=O) groups is 1. The first kappa shape index (κ1) is 19.9. The molecule has 2 amide bonds. The second-order valence-corrected chi connectivity index (χ2v) is 8.18. The molecule has 2 aromatic rings. The van der Waals surface area contributed by atoms with E-state index in [0.29, 0.717) is 12.6 Å². The zero-order valence-electron chi connectivity index (χ0n) is 17.3. The second kappa shape index (κ2) is 9.42. The van der Waals surface area contributed by atoms with E-state index in [1.807, 2.05) is 17.0 Å². The van der Waals surface area contributed by atoms with Gasteiger partial charge >= 0.3 is 6.03 Å². The summed E-state index contributed by atoms with van der Waals surface area (Å²) in [6.45, 7) is 7.52. The second-order valence-electron chi connectivity index (χ2n) is 8.18. The highest BCUT2D eigenvalue weighted by molar-refractivity contribution is 5.89. The average Bonchev–Trinajstić information content (AvgIpc) is 3.57. The maximum atomic E-state index is 12.9. The molecule has 1 aliphatic carbocycles. The smallest absolute Gasteiger partial charge is 0.322 e. The van der Waals surface area contributed by atoms with Gasteiger partial charge in [-0.3, -0.25) is 4.90 Å². The summed E-state index contributed by atoms with van der Waals surface area (Å²) in [6.07, 6.45) is 3.22. The molecule has 154 valence electrons. The molecule has 1 saturated carbocycles. The first-order valence-electron chi connectivity index (χ1n) is 10.7. The van der Waals surface area contributed by atoms with Crippen molar-refractivity contribution in [2.45, 2.75) is 38.8 Å². The van der Waals surface area contributed by atoms with Crippen LogP contribution in [0.5, 0.6) is 0 Å². The number of amides is 2. The monoisotopic (exact) mass is 393 g/mol. The maximum absolute atomic E-state index is 12.9. The van der Waals surface area contributed by atoms with Crippen molar-refractivity contribution in [3.05, 3.63) is 65.2 Å². The predicted molar refractivity (Wildman–Crippen MR) is 116 cm³/mol. The molecule has 0 radical (unpaired) electrons. The number of carbonyl (C=O) groups excluding carboxylic acids is 1. The Bertz CT molecular complexity index is 811. The topological polar surface area (TPSA) is 44.8 Å². The molecular formula is C24H31N3O2. The number of hydrogen-bond acceptors (Lipinski definition) is 3. The molecular weight excluding hydrogens is 362 g/mol. The Morgan fingerprint density at radius 2 is 1.86 bits per heavy atom. The Hall–Kier alpha value is -2.37. The van der Waals surface area contributed by atoms with Crippen LogP contribution >= 0.6 is 0 Å². The number of morpholine rings is 1. The van der Waals surface area contributed by atoms with Crippen LogP contribution in [-0.2, 0) is 17.7 Å². The number of rotatable bonds is 7. The fourth-order valence-corrected chi connectivity index (χ4v) is 3.82. The van der Waals surface area contributed by atoms with E-state index < -0.39 is 0 Å². The minimum atomic E-state index is -0.00456. The Morgan fingerprint density at radius 3 is 2.55 bits per heavy atom. The van der Waals surface area contributed by atoms with Crippen LogP contribution < -0.4 is 5.32 Å². The molecule has 5 nitrogen and oxygen atoms in total. The van der Waals surface area contributed by atoms with Gasteiger partial charge in [0.2, 0.25) is 0 Å². The number of anilines is 1. The third kappa shape index (κ3) is 5.81. The van der Waals surface area contributed by atoms with Gasteiger partial charge in [-0.1, -0.05) is 42.0 Å². The molecule has 1 saturated heterocycles. The first-order chi connectivity index (χ1) is 14.2. The minimum absolute atomic E-state index is 0.00456. The van der Waals surface area contributed by atoms with Gasteiger partial charge in [0.25, 0.3) is 0 Å². The number of ether oxygens (including phenoxy) is 1. The fourth-order valence-electron chi connectivity index (χ4n) is 3.82. The lowest BCUT2D eigenvalue weighted by molar-refractivity contribution is 0.0384. The van der Waals surface area contributed by atoms with Crippen molar-refractivity contribution < 1.29 is 9.53 Å². The van der Waals surface area contributed by atoms with Crippen LogP contribution in [-0.4, -0.2) is 54.7 Å². The highest BCUT2D eigenvalue weighted by Crippen LogP contribution is 2.29. The fraction of sp³-hybridized carbons (Fsp3) is 0.458. The summed E-state index contributed by atoms with van der Waals surface area (Å²) >= 11 is 0. The van der Waals surface area contributed by atoms with Crippen molar-refractivity contribution in [3.8, 4) is 0 Å². The van der Waals surface area contributed by atoms with E-state index in [2.05, 4.69) is 53.5 Å². The van der Waals surface area contributed by atoms with Gasteiger partial charge in [-0.2, -0.15) is 0 Å². The van der Waals surface area contributed by atoms with Crippen LogP contribution in [0.1, 0.15) is 29.5 Å². The number of benzene rings is 2. The molecule has 1 N–H and O–H groups in total. The highest BCUT2D eigenvalue weighted by atomic mass is 16.5. The van der Waals surface area contributed by atoms with Gasteiger partial charge in [-0.05, 0) is 49.4 Å². The van der Waals surface area contributed by atoms with Gasteiger partial charge in [-0.15, -0.1) is 0 Å². The van der Waals surface area contributed by atoms with Crippen LogP contribution in [0, 0.1) is 6.92 Å². The van der Waals surface area contributed by atoms with Gasteiger partial charge in [0.05, 0.1) is 13.2 Å². The molecule has 2 fully saturated rings. The number of aryl methyl sites for hydroxylation is 1. The van der Waals surface area contributed by atoms with E-state index in [9.17, 15) is 4.79 Å². The Morgan fingerprint density at radius 1 is 1.10 bits per heavy atom. The van der Waals surface area contributed by atoms with Crippen molar-refractivity contribution >= 4 is 11.7 Å². The van der Waals surface area contributed by atoms with E-state index in [1.54, 1.807) is 0 Å². The molecule has 0 bridgehead atoms. The van der Waals surface area contributed by atoms with Gasteiger partial charge in [0.15, 0.2) is 0 Å². The summed E-state index contributed by atoms with van der Waals surface area (Å²) in [5, 5.41) is 3.09. The standard InChI is InChI=1S/C24H31N3O2/c1-19-3-2-4-21(17-19)18-27(23-9-10-23)24(28)25-22-7-5-20(6-8-22)11-12-26-13-15-29-16-14-26/h2-8,17,23H,9-16,18H2,1H3,(H,25,28). The first-order valence-corrected chi connectivity index (χ1v) is 10.7. The summed E-state index contributed by atoms with van der Waals surface area (Å²) in [5.41, 5.74) is 4.57. The molecule has 5 heteroatoms. The summed E-state index contributed by atoms with van der Waals surface area (Å²) < 4.78 is 5.40. The molecule has 1 aliphatic heterocycles. The zero-order valence-corrected chi connectivity index (χ0v) is 17.3. The van der Waals surface area contributed by atoms with Gasteiger partial charge in [0, 0.05) is 37.9 Å². The van der Waals surface area contributed by atoms with Crippen LogP contribution in [0.2, 0.25) is 0 Å². The zero-order chi connectivity index (χ0) is 20.1. The molecule has 29 heavy (non-hydrogen) atoms. The Kier molecular flexibility index (Phi) is 6.47. The Balaban J connectivity index is 1.31. The largest absolute Gasteiger partial charge is 0.379 e. The molecule has 2 aliphatic rings. The molecule has 0 spiro atoms. The quantitative estimate of drug-likeness (QED) is 0.771. The number of hydrogen-bond donors (Lipinski definition) is 1. The van der Waals surface area contributed by atoms with E-state index in [4.69, 9.17) is 4.74 Å². The van der Waals surface area contributed by atoms with Crippen LogP contribution in [0.3, 0.4) is 0 Å². The molecule has 0 aromatic heterocycles. The Labute approximate surface area is 173 Å². The van der Waals surface area contributed by atoms with Gasteiger partial charge in [0.1, 0.15) is 0 Å². The van der Waals surface area contributed by atoms with Crippen molar-refractivity contribution in [2.24, 2.45) is 0 Å². The van der Waals surface area contributed by atoms with E-state index in [1.165, 1.54) is 16.7 Å². The summed E-state index contributed by atoms with van der Waals surface area (Å²) in [4.78, 5) is 17.3. The summed E-state index contributed by atoms with van der Waals surface area (Å²) in [6, 6.07) is 17.0. The highest BCUT2D eigenvalue weighted by Gasteiger charge is 2.32. The molecule has 2 aromatic carbocycles. The van der Waals surface area contributed by atoms with Gasteiger partial charge < -0.3 is 15.0 Å². The van der Waals surface area contributed by atoms with Crippen LogP contribution in [0.25, 0.3) is 0 Å². The number of urea groups is 1. The van der Waals surface area contributed by atoms with Crippen molar-refractivity contribution in [1.82, 2.24) is 9.80 Å². The van der Waals surface area contributed by atoms with Gasteiger partial charge in [-0.25, -0.2) is 4.79 Å². The van der Waals surface area contributed by atoms with Crippen LogP contribution in [0.4, 0.5) is 10.5 Å². The minimum Gasteiger partial charge on any atom is -0.379 e. The van der Waals surface area contributed by atoms with Crippen molar-refractivity contribution in [3.63, 3.8) is 0 Å². The summed E-state index contributed by atoms with van der Waals surface area (Å²) in [7, 11) is 0. The average molecular weight is 394 g/mol. The lowest BCUT2D eigenvalue weighted by Gasteiger charge is -2.26. The predicted octanol–water partition coefficient (Wildman–Crippen LogP) is 4.07. The molecule has 4 rings (SSSR count). The SMILES string of the molecule is Cc1cccc(CN(C(=O)Nc2ccc(CCN3CCOCC3)cc2)C2CC2)c1. The van der Waals surface area contributed by atoms with E-state index >= 15 is 0 Å². The van der Waals surface area contributed by atoms with Crippen LogP contribution in [0.15, 0.2) is 48.5 Å². The van der Waals surface area contributed by atoms with Crippen molar-refractivity contribution in [2.75, 3.05) is 38.2 Å². The number of nitrogens with one attached hydrogen (secondary N) is 1. The number of nitrogens with zero attached hydrogens (tertiary/aromatic N) is 2. The van der Waals surface area contributed by atoms with E-state index in [0.717, 1.165) is 57.8 Å². The summed E-state index contributed by atoms with van der Waals surface area (Å²) in [5.74, 6) is 0. The third-order valence-corrected chi connectivity index (χ3v) is 5.71. The lowest BCUT2D eigenvalue weighted by Crippen LogP contribution is -2.37. The third-order valence-electron chi connectivity index (χ3n) is 5.71. The normalized spacial score (nSPS) is 17.1. The van der Waals surface area contributed by atoms with E-state index in [-0.39, 0.29) is 6.03 Å². The van der Waals surface area contributed by atoms with Crippen molar-refractivity contribution in [1.29, 1.82) is 0 Å².